The summed E-state index contributed by atoms with van der Waals surface area (Å²) in [6.45, 7) is 13.6. The Labute approximate surface area is 129 Å². The van der Waals surface area contributed by atoms with E-state index in [0.29, 0.717) is 12.5 Å². The van der Waals surface area contributed by atoms with Crippen molar-refractivity contribution < 1.29 is 9.90 Å². The third-order valence-corrected chi connectivity index (χ3v) is 4.33. The van der Waals surface area contributed by atoms with Crippen molar-refractivity contribution in [3.63, 3.8) is 0 Å². The zero-order valence-corrected chi connectivity index (χ0v) is 14.0. The van der Waals surface area contributed by atoms with Crippen LogP contribution in [-0.4, -0.2) is 91.3 Å². The molecule has 2 amide bonds. The molecule has 0 aromatic heterocycles. The first kappa shape index (κ1) is 18.2. The molecule has 1 fully saturated rings. The first-order valence-electron chi connectivity index (χ1n) is 8.04. The second kappa shape index (κ2) is 9.23. The number of hydrogen-bond acceptors (Lipinski definition) is 4. The van der Waals surface area contributed by atoms with Gasteiger partial charge in [0.05, 0.1) is 12.6 Å². The molecule has 1 heterocycles. The van der Waals surface area contributed by atoms with Crippen molar-refractivity contribution in [1.82, 2.24) is 20.0 Å². The van der Waals surface area contributed by atoms with Crippen molar-refractivity contribution >= 4 is 6.03 Å². The highest BCUT2D eigenvalue weighted by molar-refractivity contribution is 5.74. The summed E-state index contributed by atoms with van der Waals surface area (Å²) in [6.07, 6.45) is 0. The first-order chi connectivity index (χ1) is 9.97. The molecule has 0 spiro atoms. The summed E-state index contributed by atoms with van der Waals surface area (Å²) in [7, 11) is 1.71. The molecule has 0 aromatic carbocycles. The number of nitrogens with one attached hydrogen (secondary N) is 1. The highest BCUT2D eigenvalue weighted by Gasteiger charge is 2.19. The highest BCUT2D eigenvalue weighted by atomic mass is 16.3. The lowest BCUT2D eigenvalue weighted by Gasteiger charge is -2.35. The molecule has 0 radical (unpaired) electrons. The van der Waals surface area contributed by atoms with Gasteiger partial charge in [0, 0.05) is 46.3 Å². The minimum Gasteiger partial charge on any atom is -0.394 e. The molecular formula is C15H32N4O2. The number of carbonyl (C=O) groups is 1. The predicted octanol–water partition coefficient (Wildman–Crippen LogP) is 0.282. The summed E-state index contributed by atoms with van der Waals surface area (Å²) in [4.78, 5) is 18.4. The van der Waals surface area contributed by atoms with Gasteiger partial charge in [0.1, 0.15) is 0 Å². The van der Waals surface area contributed by atoms with Crippen LogP contribution in [0.4, 0.5) is 4.79 Å². The van der Waals surface area contributed by atoms with Gasteiger partial charge in [0.2, 0.25) is 0 Å². The summed E-state index contributed by atoms with van der Waals surface area (Å²) in [5.41, 5.74) is 0. The number of carbonyl (C=O) groups excluding carboxylic acids is 1. The van der Waals surface area contributed by atoms with Gasteiger partial charge in [-0.05, 0) is 19.4 Å². The van der Waals surface area contributed by atoms with Crippen molar-refractivity contribution in [3.8, 4) is 0 Å². The molecule has 124 valence electrons. The molecule has 1 aliphatic rings. The van der Waals surface area contributed by atoms with Crippen LogP contribution in [0.2, 0.25) is 0 Å². The van der Waals surface area contributed by atoms with E-state index in [1.54, 1.807) is 11.9 Å². The van der Waals surface area contributed by atoms with Crippen molar-refractivity contribution in [2.75, 3.05) is 59.5 Å². The molecule has 6 nitrogen and oxygen atoms in total. The van der Waals surface area contributed by atoms with E-state index in [1.807, 2.05) is 6.92 Å². The maximum Gasteiger partial charge on any atom is 0.317 e. The standard InChI is InChI=1S/C15H32N4O2/c1-5-18-6-8-19(9-7-18)11-13(2)10-16-15(21)17(4)14(3)12-20/h13-14,20H,5-12H2,1-4H3,(H,16,21). The third-order valence-electron chi connectivity index (χ3n) is 4.33. The molecule has 0 aromatic rings. The number of urea groups is 1. The lowest BCUT2D eigenvalue weighted by atomic mass is 10.1. The minimum atomic E-state index is -0.151. The Morgan fingerprint density at radius 1 is 1.24 bits per heavy atom. The molecule has 1 saturated heterocycles. The number of amides is 2. The van der Waals surface area contributed by atoms with Gasteiger partial charge >= 0.3 is 6.03 Å². The normalized spacial score (nSPS) is 20.0. The second-order valence-electron chi connectivity index (χ2n) is 6.17. The van der Waals surface area contributed by atoms with Crippen LogP contribution in [0, 0.1) is 5.92 Å². The number of rotatable bonds is 7. The van der Waals surface area contributed by atoms with Crippen LogP contribution in [0.5, 0.6) is 0 Å². The Hall–Kier alpha value is -0.850. The van der Waals surface area contributed by atoms with Gasteiger partial charge in [0.15, 0.2) is 0 Å². The number of likely N-dealkylation sites (N-methyl/N-ethyl adjacent to an activating group) is 2. The molecule has 1 rings (SSSR count). The van der Waals surface area contributed by atoms with E-state index in [2.05, 4.69) is 29.0 Å². The van der Waals surface area contributed by atoms with Crippen LogP contribution in [0.1, 0.15) is 20.8 Å². The van der Waals surface area contributed by atoms with Crippen LogP contribution in [-0.2, 0) is 0 Å². The van der Waals surface area contributed by atoms with Gasteiger partial charge < -0.3 is 25.1 Å². The Balaban J connectivity index is 2.22. The van der Waals surface area contributed by atoms with Crippen molar-refractivity contribution in [1.29, 1.82) is 0 Å². The van der Waals surface area contributed by atoms with Crippen molar-refractivity contribution in [3.05, 3.63) is 0 Å². The summed E-state index contributed by atoms with van der Waals surface area (Å²) in [6, 6.07) is -0.262. The van der Waals surface area contributed by atoms with Crippen LogP contribution < -0.4 is 5.32 Å². The molecule has 2 N–H and O–H groups in total. The highest BCUT2D eigenvalue weighted by Crippen LogP contribution is 2.05. The Kier molecular flexibility index (Phi) is 8.00. The monoisotopic (exact) mass is 300 g/mol. The lowest BCUT2D eigenvalue weighted by molar-refractivity contribution is 0.122. The SMILES string of the molecule is CCN1CCN(CC(C)CNC(=O)N(C)C(C)CO)CC1. The van der Waals surface area contributed by atoms with Gasteiger partial charge in [0.25, 0.3) is 0 Å². The fraction of sp³-hybridized carbons (Fsp3) is 0.933. The molecule has 2 atom stereocenters. The number of piperazine rings is 1. The number of aliphatic hydroxyl groups excluding tert-OH is 1. The van der Waals surface area contributed by atoms with Crippen LogP contribution in [0.3, 0.4) is 0 Å². The molecule has 1 aliphatic heterocycles. The number of hydrogen-bond donors (Lipinski definition) is 2. The van der Waals surface area contributed by atoms with Crippen molar-refractivity contribution in [2.45, 2.75) is 26.8 Å². The van der Waals surface area contributed by atoms with Gasteiger partial charge in [-0.25, -0.2) is 4.79 Å². The Morgan fingerprint density at radius 3 is 2.33 bits per heavy atom. The third kappa shape index (κ3) is 6.20. The topological polar surface area (TPSA) is 59.0 Å². The number of aliphatic hydroxyl groups is 1. The maximum atomic E-state index is 11.9. The molecule has 0 aliphatic carbocycles. The lowest BCUT2D eigenvalue weighted by Crippen LogP contribution is -2.49. The van der Waals surface area contributed by atoms with Crippen molar-refractivity contribution in [2.24, 2.45) is 5.92 Å². The average Bonchev–Trinajstić information content (AvgIpc) is 2.51. The maximum absolute atomic E-state index is 11.9. The molecular weight excluding hydrogens is 268 g/mol. The molecule has 0 saturated carbocycles. The van der Waals surface area contributed by atoms with Crippen LogP contribution >= 0.6 is 0 Å². The average molecular weight is 300 g/mol. The summed E-state index contributed by atoms with van der Waals surface area (Å²) in [5, 5.41) is 12.0. The number of nitrogens with zero attached hydrogens (tertiary/aromatic N) is 3. The van der Waals surface area contributed by atoms with E-state index in [9.17, 15) is 4.79 Å². The minimum absolute atomic E-state index is 0.0127. The second-order valence-corrected chi connectivity index (χ2v) is 6.17. The zero-order valence-electron chi connectivity index (χ0n) is 14.0. The fourth-order valence-electron chi connectivity index (χ4n) is 2.50. The van der Waals surface area contributed by atoms with Gasteiger partial charge in [-0.15, -0.1) is 0 Å². The molecule has 0 bridgehead atoms. The van der Waals surface area contributed by atoms with E-state index < -0.39 is 0 Å². The molecule has 6 heteroatoms. The van der Waals surface area contributed by atoms with E-state index in [0.717, 1.165) is 39.3 Å². The van der Waals surface area contributed by atoms with E-state index in [1.165, 1.54) is 0 Å². The summed E-state index contributed by atoms with van der Waals surface area (Å²) < 4.78 is 0. The zero-order chi connectivity index (χ0) is 15.8. The predicted molar refractivity (Wildman–Crippen MR) is 85.4 cm³/mol. The quantitative estimate of drug-likeness (QED) is 0.709. The molecule has 21 heavy (non-hydrogen) atoms. The van der Waals surface area contributed by atoms with E-state index in [4.69, 9.17) is 5.11 Å². The smallest absolute Gasteiger partial charge is 0.317 e. The van der Waals surface area contributed by atoms with E-state index >= 15 is 0 Å². The van der Waals surface area contributed by atoms with Crippen LogP contribution in [0.15, 0.2) is 0 Å². The van der Waals surface area contributed by atoms with Gasteiger partial charge in [-0.2, -0.15) is 0 Å². The Bertz CT molecular complexity index is 306. The van der Waals surface area contributed by atoms with Gasteiger partial charge in [-0.3, -0.25) is 0 Å². The largest absolute Gasteiger partial charge is 0.394 e. The fourth-order valence-corrected chi connectivity index (χ4v) is 2.50. The summed E-state index contributed by atoms with van der Waals surface area (Å²) in [5.74, 6) is 0.431. The van der Waals surface area contributed by atoms with Gasteiger partial charge in [-0.1, -0.05) is 13.8 Å². The Morgan fingerprint density at radius 2 is 1.81 bits per heavy atom. The van der Waals surface area contributed by atoms with E-state index in [-0.39, 0.29) is 18.7 Å². The first-order valence-corrected chi connectivity index (χ1v) is 8.04. The van der Waals surface area contributed by atoms with Crippen LogP contribution in [0.25, 0.3) is 0 Å². The summed E-state index contributed by atoms with van der Waals surface area (Å²) >= 11 is 0. The molecule has 2 unspecified atom stereocenters.